The molecule has 3 unspecified atom stereocenters. The van der Waals surface area contributed by atoms with Gasteiger partial charge in [-0.2, -0.15) is 0 Å². The van der Waals surface area contributed by atoms with Gasteiger partial charge in [-0.05, 0) is 96.6 Å². The highest BCUT2D eigenvalue weighted by Crippen LogP contribution is 2.30. The van der Waals surface area contributed by atoms with Crippen LogP contribution < -0.4 is 0 Å². The molecule has 0 saturated carbocycles. The monoisotopic (exact) mass is 472 g/mol. The van der Waals surface area contributed by atoms with Gasteiger partial charge >= 0.3 is 0 Å². The molecule has 0 radical (unpaired) electrons. The van der Waals surface area contributed by atoms with Gasteiger partial charge in [-0.3, -0.25) is 0 Å². The highest BCUT2D eigenvalue weighted by atomic mass is 19.1. The zero-order chi connectivity index (χ0) is 26.6. The second kappa shape index (κ2) is 15.8. The molecule has 2 heteroatoms. The van der Waals surface area contributed by atoms with Crippen LogP contribution in [0, 0.1) is 29.6 Å². The highest BCUT2D eigenvalue weighted by molar-refractivity contribution is 5.43. The molecule has 0 spiro atoms. The van der Waals surface area contributed by atoms with Crippen molar-refractivity contribution in [1.82, 2.24) is 0 Å². The van der Waals surface area contributed by atoms with Gasteiger partial charge in [0.1, 0.15) is 11.7 Å². The van der Waals surface area contributed by atoms with Crippen molar-refractivity contribution >= 4 is 0 Å². The van der Waals surface area contributed by atoms with Gasteiger partial charge in [0.2, 0.25) is 0 Å². The van der Waals surface area contributed by atoms with Crippen LogP contribution in [0.25, 0.3) is 0 Å². The van der Waals surface area contributed by atoms with E-state index in [1.165, 1.54) is 6.08 Å². The Kier molecular flexibility index (Phi) is 14.9. The van der Waals surface area contributed by atoms with Crippen molar-refractivity contribution in [3.63, 3.8) is 0 Å². The van der Waals surface area contributed by atoms with Crippen LogP contribution in [0.15, 0.2) is 84.1 Å². The molecule has 3 atom stereocenters. The van der Waals surface area contributed by atoms with Gasteiger partial charge in [0.25, 0.3) is 0 Å². The molecular formula is C32H50F2. The second-order valence-corrected chi connectivity index (χ2v) is 10.9. The molecule has 0 heterocycles. The summed E-state index contributed by atoms with van der Waals surface area (Å²) < 4.78 is 29.5. The van der Waals surface area contributed by atoms with Gasteiger partial charge in [-0.1, -0.05) is 87.3 Å². The first-order chi connectivity index (χ1) is 15.7. The Bertz CT molecular complexity index is 801. The summed E-state index contributed by atoms with van der Waals surface area (Å²) in [5.41, 5.74) is 3.29. The molecule has 0 aliphatic rings. The fourth-order valence-corrected chi connectivity index (χ4v) is 3.38. The second-order valence-electron chi connectivity index (χ2n) is 10.9. The molecule has 0 aromatic rings. The first-order valence-electron chi connectivity index (χ1n) is 12.8. The van der Waals surface area contributed by atoms with E-state index < -0.39 is 0 Å². The van der Waals surface area contributed by atoms with Crippen LogP contribution in [0.1, 0.15) is 87.5 Å². The third-order valence-corrected chi connectivity index (χ3v) is 6.66. The minimum absolute atomic E-state index is 0.0183. The zero-order valence-electron chi connectivity index (χ0n) is 23.2. The molecular weight excluding hydrogens is 422 g/mol. The third kappa shape index (κ3) is 12.5. The van der Waals surface area contributed by atoms with Crippen LogP contribution in [0.2, 0.25) is 0 Å². The van der Waals surface area contributed by atoms with E-state index in [2.05, 4.69) is 60.9 Å². The Labute approximate surface area is 210 Å². The number of rotatable bonds is 16. The van der Waals surface area contributed by atoms with E-state index in [4.69, 9.17) is 0 Å². The topological polar surface area (TPSA) is 0 Å². The summed E-state index contributed by atoms with van der Waals surface area (Å²) in [6.07, 6.45) is 9.59. The van der Waals surface area contributed by atoms with Gasteiger partial charge in [0.15, 0.2) is 0 Å². The maximum Gasteiger partial charge on any atom is 0.130 e. The van der Waals surface area contributed by atoms with Gasteiger partial charge < -0.3 is 0 Å². The molecule has 0 aliphatic carbocycles. The van der Waals surface area contributed by atoms with Crippen LogP contribution in [0.4, 0.5) is 8.78 Å². The smallest absolute Gasteiger partial charge is 0.130 e. The maximum atomic E-state index is 14.8. The van der Waals surface area contributed by atoms with Crippen molar-refractivity contribution in [2.24, 2.45) is 29.6 Å². The standard InChI is InChI=1S/C32H50F2/c1-21(2)13-15-23(5)27(9)19-32(34)30(12)26(8)18-17-24(6)28(10)20-31(33)29(11)25(7)16-14-22(3)4/h16,19-24,26H,9-15,17-18H2,1-8H3/b25-16+,31-20+,32-19+. The predicted octanol–water partition coefficient (Wildman–Crippen LogP) is 11.0. The lowest BCUT2D eigenvalue weighted by atomic mass is 9.88. The lowest BCUT2D eigenvalue weighted by molar-refractivity contribution is 0.486. The largest absolute Gasteiger partial charge is 0.207 e. The minimum atomic E-state index is -0.342. The number of hydrogen-bond donors (Lipinski definition) is 0. The summed E-state index contributed by atoms with van der Waals surface area (Å²) in [7, 11) is 0. The van der Waals surface area contributed by atoms with E-state index in [1.807, 2.05) is 26.8 Å². The summed E-state index contributed by atoms with van der Waals surface area (Å²) >= 11 is 0. The number of allylic oxidation sites excluding steroid dienone is 10. The summed E-state index contributed by atoms with van der Waals surface area (Å²) in [5.74, 6) is 0.828. The Hall–Kier alpha value is -1.96. The summed E-state index contributed by atoms with van der Waals surface area (Å²) in [6, 6.07) is 0. The zero-order valence-corrected chi connectivity index (χ0v) is 23.2. The van der Waals surface area contributed by atoms with Crippen LogP contribution >= 0.6 is 0 Å². The van der Waals surface area contributed by atoms with Crippen molar-refractivity contribution in [1.29, 1.82) is 0 Å². The molecule has 34 heavy (non-hydrogen) atoms. The molecule has 0 N–H and O–H groups in total. The van der Waals surface area contributed by atoms with Crippen molar-refractivity contribution < 1.29 is 8.78 Å². The van der Waals surface area contributed by atoms with Crippen molar-refractivity contribution in [3.8, 4) is 0 Å². The van der Waals surface area contributed by atoms with Gasteiger partial charge in [0.05, 0.1) is 0 Å². The van der Waals surface area contributed by atoms with E-state index >= 15 is 0 Å². The quantitative estimate of drug-likeness (QED) is 0.196. The minimum Gasteiger partial charge on any atom is -0.207 e. The first-order valence-corrected chi connectivity index (χ1v) is 12.8. The molecule has 0 fully saturated rings. The molecule has 0 aliphatic heterocycles. The van der Waals surface area contributed by atoms with Crippen LogP contribution in [-0.2, 0) is 0 Å². The number of halogens is 2. The lowest BCUT2D eigenvalue weighted by Gasteiger charge is -2.18. The Morgan fingerprint density at radius 3 is 1.56 bits per heavy atom. The van der Waals surface area contributed by atoms with Gasteiger partial charge in [-0.25, -0.2) is 8.78 Å². The Morgan fingerprint density at radius 2 is 1.09 bits per heavy atom. The molecule has 0 saturated heterocycles. The van der Waals surface area contributed by atoms with E-state index in [1.54, 1.807) is 6.08 Å². The normalized spacial score (nSPS) is 15.9. The Morgan fingerprint density at radius 1 is 0.647 bits per heavy atom. The van der Waals surface area contributed by atoms with Crippen molar-refractivity contribution in [3.05, 3.63) is 84.1 Å². The van der Waals surface area contributed by atoms with Crippen molar-refractivity contribution in [2.45, 2.75) is 87.5 Å². The van der Waals surface area contributed by atoms with E-state index in [0.717, 1.165) is 48.8 Å². The van der Waals surface area contributed by atoms with Crippen molar-refractivity contribution in [2.75, 3.05) is 0 Å². The molecule has 0 amide bonds. The van der Waals surface area contributed by atoms with Crippen LogP contribution in [-0.4, -0.2) is 0 Å². The Balaban J connectivity index is 4.90. The SMILES string of the molecule is C=C(/C(C)=C/CC(C)C)/C(F)=C\C(=C)C(C)CCC(C)C(=C)/C(F)=C\C(=C)C(C)CCC(C)C. The van der Waals surface area contributed by atoms with Crippen LogP contribution in [0.5, 0.6) is 0 Å². The van der Waals surface area contributed by atoms with Gasteiger partial charge in [-0.15, -0.1) is 0 Å². The average Bonchev–Trinajstić information content (AvgIpc) is 2.77. The molecule has 0 rings (SSSR count). The third-order valence-electron chi connectivity index (χ3n) is 6.66. The molecule has 192 valence electrons. The first kappa shape index (κ1) is 32.0. The van der Waals surface area contributed by atoms with Gasteiger partial charge in [0, 0.05) is 5.57 Å². The van der Waals surface area contributed by atoms with Crippen LogP contribution in [0.3, 0.4) is 0 Å². The van der Waals surface area contributed by atoms with E-state index in [9.17, 15) is 8.78 Å². The van der Waals surface area contributed by atoms with E-state index in [-0.39, 0.29) is 29.4 Å². The molecule has 0 bridgehead atoms. The molecule has 0 nitrogen and oxygen atoms in total. The van der Waals surface area contributed by atoms with E-state index in [0.29, 0.717) is 23.0 Å². The summed E-state index contributed by atoms with van der Waals surface area (Å²) in [5, 5.41) is 0. The predicted molar refractivity (Wildman–Crippen MR) is 149 cm³/mol. The molecule has 0 aromatic carbocycles. The maximum absolute atomic E-state index is 14.8. The molecule has 0 aromatic heterocycles. The number of hydrogen-bond acceptors (Lipinski definition) is 0. The average molecular weight is 473 g/mol. The highest BCUT2D eigenvalue weighted by Gasteiger charge is 2.16. The fraction of sp³-hybridized carbons (Fsp3) is 0.562. The summed E-state index contributed by atoms with van der Waals surface area (Å²) in [6.45, 7) is 32.6. The lowest BCUT2D eigenvalue weighted by Crippen LogP contribution is -2.05. The fourth-order valence-electron chi connectivity index (χ4n) is 3.38. The summed E-state index contributed by atoms with van der Waals surface area (Å²) in [4.78, 5) is 0.